The first-order valence-corrected chi connectivity index (χ1v) is 10.0. The van der Waals surface area contributed by atoms with Crippen LogP contribution in [0.3, 0.4) is 0 Å². The molecule has 1 aromatic carbocycles. The van der Waals surface area contributed by atoms with Gasteiger partial charge in [-0.1, -0.05) is 12.1 Å². The Labute approximate surface area is 153 Å². The Balaban J connectivity index is 1.70. The molecule has 0 amide bonds. The van der Waals surface area contributed by atoms with Crippen molar-refractivity contribution in [2.75, 3.05) is 26.2 Å². The smallest absolute Gasteiger partial charge is 0.243 e. The largest absolute Gasteiger partial charge is 0.310 e. The molecule has 0 aliphatic carbocycles. The number of hydrogen-bond acceptors (Lipinski definition) is 5. The molecule has 1 saturated heterocycles. The van der Waals surface area contributed by atoms with E-state index < -0.39 is 10.0 Å². The molecular formula is C16H23N5O2S2. The van der Waals surface area contributed by atoms with Crippen molar-refractivity contribution in [3.8, 4) is 0 Å². The van der Waals surface area contributed by atoms with Crippen molar-refractivity contribution in [1.82, 2.24) is 23.6 Å². The number of rotatable bonds is 4. The highest BCUT2D eigenvalue weighted by Crippen LogP contribution is 2.22. The normalized spacial score (nSPS) is 17.1. The first-order valence-electron chi connectivity index (χ1n) is 8.17. The van der Waals surface area contributed by atoms with Crippen LogP contribution in [-0.2, 0) is 23.7 Å². The summed E-state index contributed by atoms with van der Waals surface area (Å²) in [6.45, 7) is 6.58. The third kappa shape index (κ3) is 3.69. The molecular weight excluding hydrogens is 358 g/mol. The lowest BCUT2D eigenvalue weighted by molar-refractivity contribution is 0.144. The summed E-state index contributed by atoms with van der Waals surface area (Å²) in [5.41, 5.74) is 1.74. The van der Waals surface area contributed by atoms with Crippen LogP contribution in [0.25, 0.3) is 0 Å². The van der Waals surface area contributed by atoms with E-state index in [0.717, 1.165) is 11.1 Å². The van der Waals surface area contributed by atoms with Crippen LogP contribution in [-0.4, -0.2) is 58.1 Å². The summed E-state index contributed by atoms with van der Waals surface area (Å²) in [5, 5.41) is 4.25. The topological polar surface area (TPSA) is 63.4 Å². The molecule has 1 fully saturated rings. The standard InChI is InChI=1S/C16H23N5O2S2/c1-13-4-5-14(2)15(10-13)25(22,23)20-8-6-19(7-9-20)12-21-16(24)18(3)11-17-21/h4-5,10-11H,6-9,12H2,1-3H3. The number of benzene rings is 1. The second-order valence-electron chi connectivity index (χ2n) is 6.46. The lowest BCUT2D eigenvalue weighted by Crippen LogP contribution is -2.49. The molecule has 7 nitrogen and oxygen atoms in total. The fourth-order valence-electron chi connectivity index (χ4n) is 2.94. The molecule has 0 unspecified atom stereocenters. The second-order valence-corrected chi connectivity index (χ2v) is 8.73. The van der Waals surface area contributed by atoms with E-state index in [4.69, 9.17) is 12.2 Å². The number of piperazine rings is 1. The van der Waals surface area contributed by atoms with Gasteiger partial charge in [-0.3, -0.25) is 4.90 Å². The van der Waals surface area contributed by atoms with Crippen molar-refractivity contribution >= 4 is 22.2 Å². The van der Waals surface area contributed by atoms with Gasteiger partial charge in [0.25, 0.3) is 0 Å². The number of aryl methyl sites for hydroxylation is 3. The van der Waals surface area contributed by atoms with Crippen LogP contribution in [0.4, 0.5) is 0 Å². The van der Waals surface area contributed by atoms with Crippen molar-refractivity contribution in [2.45, 2.75) is 25.4 Å². The molecule has 3 rings (SSSR count). The molecule has 136 valence electrons. The van der Waals surface area contributed by atoms with E-state index in [2.05, 4.69) is 10.00 Å². The van der Waals surface area contributed by atoms with Gasteiger partial charge in [0.2, 0.25) is 10.0 Å². The molecule has 2 heterocycles. The maximum absolute atomic E-state index is 13.0. The molecule has 2 aromatic rings. The molecule has 0 bridgehead atoms. The molecule has 25 heavy (non-hydrogen) atoms. The number of nitrogens with zero attached hydrogens (tertiary/aromatic N) is 5. The van der Waals surface area contributed by atoms with Crippen LogP contribution in [0.15, 0.2) is 29.4 Å². The molecule has 9 heteroatoms. The van der Waals surface area contributed by atoms with Gasteiger partial charge in [0, 0.05) is 33.2 Å². The van der Waals surface area contributed by atoms with E-state index in [-0.39, 0.29) is 0 Å². The zero-order valence-electron chi connectivity index (χ0n) is 14.7. The van der Waals surface area contributed by atoms with Gasteiger partial charge in [-0.2, -0.15) is 9.40 Å². The number of hydrogen-bond donors (Lipinski definition) is 0. The Morgan fingerprint density at radius 1 is 1.16 bits per heavy atom. The van der Waals surface area contributed by atoms with Crippen LogP contribution in [0.2, 0.25) is 0 Å². The van der Waals surface area contributed by atoms with Crippen LogP contribution in [0, 0.1) is 18.6 Å². The van der Waals surface area contributed by atoms with Gasteiger partial charge in [-0.25, -0.2) is 13.1 Å². The Morgan fingerprint density at radius 3 is 2.44 bits per heavy atom. The first kappa shape index (κ1) is 18.2. The average Bonchev–Trinajstić information content (AvgIpc) is 2.89. The summed E-state index contributed by atoms with van der Waals surface area (Å²) in [5.74, 6) is 0. The zero-order valence-corrected chi connectivity index (χ0v) is 16.3. The quantitative estimate of drug-likeness (QED) is 0.752. The Bertz CT molecular complexity index is 924. The zero-order chi connectivity index (χ0) is 18.2. The van der Waals surface area contributed by atoms with E-state index in [1.807, 2.05) is 33.0 Å². The van der Waals surface area contributed by atoms with Crippen molar-refractivity contribution in [1.29, 1.82) is 0 Å². The van der Waals surface area contributed by atoms with Gasteiger partial charge in [0.1, 0.15) is 6.33 Å². The number of aromatic nitrogens is 3. The fraction of sp³-hybridized carbons (Fsp3) is 0.500. The second kappa shape index (κ2) is 6.99. The Hall–Kier alpha value is -1.55. The molecule has 1 aliphatic heterocycles. The summed E-state index contributed by atoms with van der Waals surface area (Å²) in [6, 6.07) is 5.55. The van der Waals surface area contributed by atoms with E-state index in [1.165, 1.54) is 0 Å². The average molecular weight is 382 g/mol. The highest BCUT2D eigenvalue weighted by molar-refractivity contribution is 7.89. The minimum atomic E-state index is -3.46. The molecule has 0 spiro atoms. The molecule has 0 atom stereocenters. The van der Waals surface area contributed by atoms with Crippen LogP contribution in [0.1, 0.15) is 11.1 Å². The SMILES string of the molecule is Cc1ccc(C)c(S(=O)(=O)N2CCN(Cn3ncn(C)c3=S)CC2)c1. The predicted octanol–water partition coefficient (Wildman–Crippen LogP) is 1.53. The third-order valence-electron chi connectivity index (χ3n) is 4.51. The lowest BCUT2D eigenvalue weighted by Gasteiger charge is -2.34. The third-order valence-corrected chi connectivity index (χ3v) is 7.05. The predicted molar refractivity (Wildman–Crippen MR) is 98.3 cm³/mol. The van der Waals surface area contributed by atoms with Crippen molar-refractivity contribution < 1.29 is 8.42 Å². The number of sulfonamides is 1. The monoisotopic (exact) mass is 381 g/mol. The van der Waals surface area contributed by atoms with E-state index in [1.54, 1.807) is 25.9 Å². The molecule has 0 saturated carbocycles. The van der Waals surface area contributed by atoms with Gasteiger partial charge in [-0.05, 0) is 43.3 Å². The minimum absolute atomic E-state index is 0.410. The van der Waals surface area contributed by atoms with E-state index >= 15 is 0 Å². The first-order chi connectivity index (χ1) is 11.8. The fourth-order valence-corrected chi connectivity index (χ4v) is 4.83. The maximum atomic E-state index is 13.0. The van der Waals surface area contributed by atoms with Gasteiger partial charge >= 0.3 is 0 Å². The lowest BCUT2D eigenvalue weighted by atomic mass is 10.2. The van der Waals surface area contributed by atoms with Gasteiger partial charge in [-0.15, -0.1) is 0 Å². The van der Waals surface area contributed by atoms with Gasteiger partial charge in [0.15, 0.2) is 4.77 Å². The van der Waals surface area contributed by atoms with Crippen LogP contribution >= 0.6 is 12.2 Å². The highest BCUT2D eigenvalue weighted by Gasteiger charge is 2.29. The summed E-state index contributed by atoms with van der Waals surface area (Å²) < 4.78 is 31.7. The summed E-state index contributed by atoms with van der Waals surface area (Å²) in [6.07, 6.45) is 1.68. The molecule has 1 aromatic heterocycles. The van der Waals surface area contributed by atoms with Crippen LogP contribution in [0.5, 0.6) is 0 Å². The van der Waals surface area contributed by atoms with E-state index in [9.17, 15) is 8.42 Å². The summed E-state index contributed by atoms with van der Waals surface area (Å²) in [7, 11) is -1.59. The van der Waals surface area contributed by atoms with Crippen molar-refractivity contribution in [3.05, 3.63) is 40.4 Å². The van der Waals surface area contributed by atoms with E-state index in [0.29, 0.717) is 42.5 Å². The van der Waals surface area contributed by atoms with Gasteiger partial charge < -0.3 is 4.57 Å². The maximum Gasteiger partial charge on any atom is 0.243 e. The molecule has 1 aliphatic rings. The van der Waals surface area contributed by atoms with Crippen molar-refractivity contribution in [2.24, 2.45) is 7.05 Å². The van der Waals surface area contributed by atoms with Crippen LogP contribution < -0.4 is 0 Å². The Kier molecular flexibility index (Phi) is 5.10. The molecule has 0 radical (unpaired) electrons. The molecule has 0 N–H and O–H groups in total. The minimum Gasteiger partial charge on any atom is -0.310 e. The Morgan fingerprint density at radius 2 is 1.84 bits per heavy atom. The van der Waals surface area contributed by atoms with Gasteiger partial charge in [0.05, 0.1) is 11.6 Å². The summed E-state index contributed by atoms with van der Waals surface area (Å²) >= 11 is 5.30. The van der Waals surface area contributed by atoms with Crippen molar-refractivity contribution in [3.63, 3.8) is 0 Å². The summed E-state index contributed by atoms with van der Waals surface area (Å²) in [4.78, 5) is 2.57. The highest BCUT2D eigenvalue weighted by atomic mass is 32.2.